The maximum atomic E-state index is 5.33. The van der Waals surface area contributed by atoms with Gasteiger partial charge >= 0.3 is 0 Å². The molecule has 0 atom stereocenters. The topological polar surface area (TPSA) is 116 Å². The third-order valence-electron chi connectivity index (χ3n) is 25.6. The number of aromatic nitrogens is 9. The first kappa shape index (κ1) is 82.1. The summed E-state index contributed by atoms with van der Waals surface area (Å²) in [7, 11) is 0. The first-order chi connectivity index (χ1) is 67.4. The minimum Gasteiger partial charge on any atom is -0.264 e. The number of hydrogen-bond donors (Lipinski definition) is 0. The molecule has 0 aliphatic carbocycles. The van der Waals surface area contributed by atoms with Gasteiger partial charge in [-0.2, -0.15) is 0 Å². The van der Waals surface area contributed by atoms with Crippen LogP contribution in [0.15, 0.2) is 505 Å². The second-order valence-corrected chi connectivity index (χ2v) is 33.9. The highest BCUT2D eigenvalue weighted by atomic mass is 14.9. The fourth-order valence-corrected chi connectivity index (χ4v) is 18.8. The van der Waals surface area contributed by atoms with Crippen molar-refractivity contribution in [2.24, 2.45) is 0 Å². The van der Waals surface area contributed by atoms with Gasteiger partial charge in [0.25, 0.3) is 0 Å². The van der Waals surface area contributed by atoms with E-state index in [-0.39, 0.29) is 0 Å². The minimum atomic E-state index is 0.688. The predicted octanol–water partition coefficient (Wildman–Crippen LogP) is 32.7. The standard InChI is InChI=1S/C53H33N3.C41H27N3.C33H23N3/c1-2-15-41-37(11-1)30-49(46-20-7-3-16-42(41)46)34-22-24-35(25-23-34)51-32-52(38-13-9-12-36(29-38)40-14-10-28-54-33-40)56-53(55-51)39-26-27-48-45-19-5-4-17-43(45)44-18-6-8-21-47(44)50(48)31-39;1-2-10-28(11-3-1)29-19-21-30(22-20-29)40-39(32-14-8-13-31(24-32)34-15-9-23-42-26-34)27-43-41(44-40)38-25-33-12-4-5-16-35(33)36-17-6-7-18-37(36)38;1-3-9-24(10-4-1)25-16-18-26(19-17-25)32-31(23-35-33(36-32)27-11-5-2-6-12-27)29-14-7-13-28(21-29)30-15-8-20-34-22-30/h1-33H;1-27H;1-23H. The molecule has 0 bridgehead atoms. The van der Waals surface area contributed by atoms with Crippen molar-refractivity contribution in [1.82, 2.24) is 44.9 Å². The van der Waals surface area contributed by atoms with E-state index in [1.54, 1.807) is 18.6 Å². The molecule has 9 nitrogen and oxygen atoms in total. The summed E-state index contributed by atoms with van der Waals surface area (Å²) in [6.07, 6.45) is 15.0. The summed E-state index contributed by atoms with van der Waals surface area (Å²) in [5.74, 6) is 2.11. The van der Waals surface area contributed by atoms with E-state index in [0.29, 0.717) is 17.5 Å². The molecule has 0 aliphatic heterocycles. The molecule has 136 heavy (non-hydrogen) atoms. The number of fused-ring (bicyclic) bond motifs is 12. The smallest absolute Gasteiger partial charge is 0.160 e. The lowest BCUT2D eigenvalue weighted by molar-refractivity contribution is 1.18. The lowest BCUT2D eigenvalue weighted by atomic mass is 9.92. The van der Waals surface area contributed by atoms with E-state index in [4.69, 9.17) is 29.9 Å². The molecule has 0 N–H and O–H groups in total. The van der Waals surface area contributed by atoms with Crippen molar-refractivity contribution in [3.8, 4) is 168 Å². The third kappa shape index (κ3) is 16.6. The fourth-order valence-electron chi connectivity index (χ4n) is 18.8. The van der Waals surface area contributed by atoms with E-state index in [9.17, 15) is 0 Å². The van der Waals surface area contributed by atoms with Gasteiger partial charge in [0.1, 0.15) is 0 Å². The summed E-state index contributed by atoms with van der Waals surface area (Å²) in [4.78, 5) is 43.7. The lowest BCUT2D eigenvalue weighted by Crippen LogP contribution is -1.97. The van der Waals surface area contributed by atoms with Crippen LogP contribution in [0, 0.1) is 0 Å². The molecule has 0 radical (unpaired) electrons. The fraction of sp³-hybridized carbons (Fsp3) is 0. The van der Waals surface area contributed by atoms with Crippen LogP contribution in [-0.4, -0.2) is 44.9 Å². The van der Waals surface area contributed by atoms with Crippen molar-refractivity contribution in [3.63, 3.8) is 0 Å². The first-order valence-corrected chi connectivity index (χ1v) is 45.7. The molecule has 0 saturated carbocycles. The van der Waals surface area contributed by atoms with Gasteiger partial charge in [0.05, 0.1) is 22.8 Å². The van der Waals surface area contributed by atoms with Gasteiger partial charge in [0.15, 0.2) is 17.5 Å². The van der Waals surface area contributed by atoms with E-state index in [2.05, 4.69) is 409 Å². The average Bonchev–Trinajstić information content (AvgIpc) is 0.758. The Hall–Kier alpha value is -18.3. The van der Waals surface area contributed by atoms with Gasteiger partial charge in [-0.3, -0.25) is 15.0 Å². The number of pyridine rings is 3. The molecule has 0 aliphatic rings. The molecule has 19 aromatic carbocycles. The normalized spacial score (nSPS) is 11.2. The molecule has 0 saturated heterocycles. The number of rotatable bonds is 15. The van der Waals surface area contributed by atoms with Crippen LogP contribution in [-0.2, 0) is 0 Å². The Balaban J connectivity index is 0.000000118. The molecule has 0 unspecified atom stereocenters. The summed E-state index contributed by atoms with van der Waals surface area (Å²) < 4.78 is 0. The Morgan fingerprint density at radius 3 is 0.919 bits per heavy atom. The maximum absolute atomic E-state index is 5.33. The van der Waals surface area contributed by atoms with Crippen molar-refractivity contribution in [2.45, 2.75) is 0 Å². The summed E-state index contributed by atoms with van der Waals surface area (Å²) >= 11 is 0. The third-order valence-corrected chi connectivity index (χ3v) is 25.6. The van der Waals surface area contributed by atoms with E-state index in [1.807, 2.05) is 91.6 Å². The zero-order chi connectivity index (χ0) is 90.5. The van der Waals surface area contributed by atoms with Gasteiger partial charge in [0, 0.05) is 116 Å². The van der Waals surface area contributed by atoms with Crippen LogP contribution in [0.3, 0.4) is 0 Å². The first-order valence-electron chi connectivity index (χ1n) is 45.7. The summed E-state index contributed by atoms with van der Waals surface area (Å²) in [6, 6.07) is 160. The number of benzene rings is 19. The number of hydrogen-bond acceptors (Lipinski definition) is 9. The molecule has 6 heterocycles. The van der Waals surface area contributed by atoms with Crippen LogP contribution >= 0.6 is 0 Å². The molecule has 0 fully saturated rings. The van der Waals surface area contributed by atoms with Gasteiger partial charge in [0.2, 0.25) is 0 Å². The molecular weight excluding hydrogens is 1650 g/mol. The Morgan fingerprint density at radius 1 is 0.132 bits per heavy atom. The van der Waals surface area contributed by atoms with E-state index in [1.165, 1.54) is 103 Å². The second-order valence-electron chi connectivity index (χ2n) is 33.9. The van der Waals surface area contributed by atoms with Gasteiger partial charge in [-0.05, 0) is 197 Å². The number of nitrogens with zero attached hydrogens (tertiary/aromatic N) is 9. The summed E-state index contributed by atoms with van der Waals surface area (Å²) in [5.41, 5.74) is 28.4. The Labute approximate surface area is 787 Å². The van der Waals surface area contributed by atoms with Crippen LogP contribution in [0.2, 0.25) is 0 Å². The van der Waals surface area contributed by atoms with Crippen molar-refractivity contribution < 1.29 is 0 Å². The molecule has 636 valence electrons. The second kappa shape index (κ2) is 36.9. The molecule has 25 aromatic rings. The zero-order valence-corrected chi connectivity index (χ0v) is 73.9. The van der Waals surface area contributed by atoms with Gasteiger partial charge in [-0.1, -0.05) is 394 Å². The molecule has 0 spiro atoms. The van der Waals surface area contributed by atoms with Crippen LogP contribution in [0.4, 0.5) is 0 Å². The molecule has 0 amide bonds. The average molecular weight is 1740 g/mol. The van der Waals surface area contributed by atoms with Crippen LogP contribution in [0.25, 0.3) is 244 Å². The Kier molecular flexibility index (Phi) is 22.3. The van der Waals surface area contributed by atoms with Crippen molar-refractivity contribution in [1.29, 1.82) is 0 Å². The van der Waals surface area contributed by atoms with Gasteiger partial charge in [-0.25, -0.2) is 29.9 Å². The molecule has 9 heteroatoms. The van der Waals surface area contributed by atoms with E-state index >= 15 is 0 Å². The highest BCUT2D eigenvalue weighted by Crippen LogP contribution is 2.44. The zero-order valence-electron chi connectivity index (χ0n) is 73.9. The Morgan fingerprint density at radius 2 is 0.449 bits per heavy atom. The largest absolute Gasteiger partial charge is 0.264 e. The van der Waals surface area contributed by atoms with Crippen LogP contribution in [0.5, 0.6) is 0 Å². The lowest BCUT2D eigenvalue weighted by Gasteiger charge is -2.15. The maximum Gasteiger partial charge on any atom is 0.160 e. The molecular formula is C127H83N9. The van der Waals surface area contributed by atoms with Crippen molar-refractivity contribution >= 4 is 75.4 Å². The summed E-state index contributed by atoms with van der Waals surface area (Å²) in [6.45, 7) is 0. The predicted molar refractivity (Wildman–Crippen MR) is 564 cm³/mol. The molecule has 6 aromatic heterocycles. The summed E-state index contributed by atoms with van der Waals surface area (Å²) in [5, 5.41) is 17.1. The van der Waals surface area contributed by atoms with Gasteiger partial charge < -0.3 is 0 Å². The monoisotopic (exact) mass is 1730 g/mol. The quantitative estimate of drug-likeness (QED) is 0.0925. The SMILES string of the molecule is c1ccc(-c2ccc(-c3nc(-c4cc5ccccc5c5ccccc45)ncc3-c3cccc(-c4cccnc4)c3)cc2)cc1.c1ccc(-c2ccc(-c3nc(-c4ccccc4)ncc3-c3cccc(-c4cccnc4)c3)cc2)cc1.c1cncc(-c2cccc(-c3cc(-c4ccc(-c5cc6ccccc6c6ccccc56)cc4)nc(-c4ccc5c6ccccc6c6ccccc6c5c4)n3)c2)c1. The molecule has 25 rings (SSSR count). The van der Waals surface area contributed by atoms with Crippen LogP contribution in [0.1, 0.15) is 0 Å². The van der Waals surface area contributed by atoms with E-state index < -0.39 is 0 Å². The Bertz CT molecular complexity index is 8700. The van der Waals surface area contributed by atoms with E-state index in [0.717, 1.165) is 123 Å². The van der Waals surface area contributed by atoms with Crippen molar-refractivity contribution in [3.05, 3.63) is 505 Å². The highest BCUT2D eigenvalue weighted by Gasteiger charge is 2.22. The minimum absolute atomic E-state index is 0.688. The highest BCUT2D eigenvalue weighted by molar-refractivity contribution is 6.26. The van der Waals surface area contributed by atoms with Crippen molar-refractivity contribution in [2.75, 3.05) is 0 Å². The van der Waals surface area contributed by atoms with Crippen LogP contribution < -0.4 is 0 Å². The van der Waals surface area contributed by atoms with Gasteiger partial charge in [-0.15, -0.1) is 0 Å².